The average Bonchev–Trinajstić information content (AvgIpc) is 3.03. The molecule has 0 aromatic rings. The molecule has 4 aliphatic rings. The first-order valence-corrected chi connectivity index (χ1v) is 12.9. The molecule has 0 aliphatic heterocycles. The number of hydrogen-bond donors (Lipinski definition) is 0. The summed E-state index contributed by atoms with van der Waals surface area (Å²) < 4.78 is 5.53. The third kappa shape index (κ3) is 5.35. The van der Waals surface area contributed by atoms with Gasteiger partial charge in [-0.25, -0.2) is 0 Å². The Labute approximate surface area is 190 Å². The van der Waals surface area contributed by atoms with E-state index in [4.69, 9.17) is 4.74 Å². The number of likely N-dealkylation sites (N-methyl/N-ethyl adjacent to an activating group) is 1. The first-order valence-electron chi connectivity index (χ1n) is 12.9. The van der Waals surface area contributed by atoms with Gasteiger partial charge in [0.05, 0.1) is 0 Å². The number of ether oxygens (including phenoxy) is 1. The highest BCUT2D eigenvalue weighted by Crippen LogP contribution is 2.55. The minimum atomic E-state index is -0.405. The molecule has 172 valence electrons. The van der Waals surface area contributed by atoms with Crippen molar-refractivity contribution in [3.63, 3.8) is 0 Å². The number of allylic oxidation sites excluding steroid dienone is 3. The van der Waals surface area contributed by atoms with Gasteiger partial charge >= 0.3 is 0 Å². The Hall–Kier alpha value is -1.35. The van der Waals surface area contributed by atoms with E-state index in [2.05, 4.69) is 0 Å². The van der Waals surface area contributed by atoms with E-state index in [-0.39, 0.29) is 5.91 Å². The second-order valence-electron chi connectivity index (χ2n) is 10.9. The maximum Gasteiger partial charge on any atom is 0.226 e. The maximum absolute atomic E-state index is 12.7. The second-order valence-corrected chi connectivity index (χ2v) is 10.9. The lowest BCUT2D eigenvalue weighted by atomic mass is 9.70. The van der Waals surface area contributed by atoms with Crippen LogP contribution in [0.25, 0.3) is 0 Å². The van der Waals surface area contributed by atoms with E-state index in [1.165, 1.54) is 64.2 Å². The lowest BCUT2D eigenvalue weighted by molar-refractivity contribution is -0.128. The standard InChI is InChI=1S/C28H43NO2/c1-28(31-3)17-8-11-24(16-18-28)29(2)27(30)13-7-4-9-21-14-15-26-23(19-21)20-22-10-5-6-12-25(22)26/h8,11,16-18,21-23,25-26H,4-7,9-10,12-15,19-20H2,1-3H3. The smallest absolute Gasteiger partial charge is 0.226 e. The summed E-state index contributed by atoms with van der Waals surface area (Å²) >= 11 is 0. The van der Waals surface area contributed by atoms with Gasteiger partial charge in [-0.15, -0.1) is 0 Å². The van der Waals surface area contributed by atoms with Crippen molar-refractivity contribution in [2.75, 3.05) is 14.2 Å². The van der Waals surface area contributed by atoms with Gasteiger partial charge in [0.1, 0.15) is 5.60 Å². The number of nitrogens with zero attached hydrogens (tertiary/aromatic N) is 1. The lowest BCUT2D eigenvalue weighted by Crippen LogP contribution is -2.26. The first kappa shape index (κ1) is 22.8. The molecule has 31 heavy (non-hydrogen) atoms. The minimum Gasteiger partial charge on any atom is -0.370 e. The van der Waals surface area contributed by atoms with Crippen molar-refractivity contribution in [1.29, 1.82) is 0 Å². The molecule has 3 nitrogen and oxygen atoms in total. The fourth-order valence-corrected chi connectivity index (χ4v) is 7.04. The van der Waals surface area contributed by atoms with Gasteiger partial charge in [-0.3, -0.25) is 4.79 Å². The Morgan fingerprint density at radius 1 is 1.06 bits per heavy atom. The molecule has 6 atom stereocenters. The number of unbranched alkanes of at least 4 members (excludes halogenated alkanes) is 1. The topological polar surface area (TPSA) is 29.5 Å². The van der Waals surface area contributed by atoms with Crippen LogP contribution in [0.15, 0.2) is 36.1 Å². The Morgan fingerprint density at radius 2 is 1.87 bits per heavy atom. The van der Waals surface area contributed by atoms with E-state index >= 15 is 0 Å². The van der Waals surface area contributed by atoms with Crippen LogP contribution in [0.1, 0.15) is 84.0 Å². The Morgan fingerprint density at radius 3 is 2.71 bits per heavy atom. The van der Waals surface area contributed by atoms with E-state index in [0.717, 1.165) is 41.7 Å². The zero-order valence-corrected chi connectivity index (χ0v) is 20.0. The van der Waals surface area contributed by atoms with Crippen molar-refractivity contribution in [2.24, 2.45) is 29.6 Å². The van der Waals surface area contributed by atoms with Crippen LogP contribution in [0.5, 0.6) is 0 Å². The van der Waals surface area contributed by atoms with Crippen LogP contribution in [0.3, 0.4) is 0 Å². The molecular formula is C28H43NO2. The number of carbonyl (C=O) groups is 1. The van der Waals surface area contributed by atoms with E-state index in [1.807, 2.05) is 44.4 Å². The second kappa shape index (κ2) is 10.1. The van der Waals surface area contributed by atoms with Gasteiger partial charge in [-0.05, 0) is 92.9 Å². The summed E-state index contributed by atoms with van der Waals surface area (Å²) in [5.41, 5.74) is 0.529. The highest BCUT2D eigenvalue weighted by Gasteiger charge is 2.45. The summed E-state index contributed by atoms with van der Waals surface area (Å²) in [6.45, 7) is 2.02. The van der Waals surface area contributed by atoms with Gasteiger partial charge in [0.2, 0.25) is 5.91 Å². The highest BCUT2D eigenvalue weighted by atomic mass is 16.5. The van der Waals surface area contributed by atoms with E-state index in [0.29, 0.717) is 6.42 Å². The lowest BCUT2D eigenvalue weighted by Gasteiger charge is -2.36. The molecule has 0 aromatic carbocycles. The molecule has 3 fully saturated rings. The predicted molar refractivity (Wildman–Crippen MR) is 127 cm³/mol. The molecule has 4 aliphatic carbocycles. The Bertz CT molecular complexity index is 723. The van der Waals surface area contributed by atoms with Gasteiger partial charge in [-0.1, -0.05) is 44.6 Å². The molecule has 0 spiro atoms. The number of methoxy groups -OCH3 is 1. The maximum atomic E-state index is 12.7. The van der Waals surface area contributed by atoms with Crippen molar-refractivity contribution in [2.45, 2.75) is 89.6 Å². The summed E-state index contributed by atoms with van der Waals surface area (Å²) in [5.74, 6) is 5.37. The van der Waals surface area contributed by atoms with Crippen LogP contribution in [-0.2, 0) is 9.53 Å². The third-order valence-electron chi connectivity index (χ3n) is 9.01. The Kier molecular flexibility index (Phi) is 7.41. The summed E-state index contributed by atoms with van der Waals surface area (Å²) in [6, 6.07) is 0. The van der Waals surface area contributed by atoms with Gasteiger partial charge < -0.3 is 9.64 Å². The first-order chi connectivity index (χ1) is 15.0. The van der Waals surface area contributed by atoms with Crippen molar-refractivity contribution >= 4 is 5.91 Å². The monoisotopic (exact) mass is 425 g/mol. The number of amides is 1. The van der Waals surface area contributed by atoms with Crippen molar-refractivity contribution in [3.8, 4) is 0 Å². The van der Waals surface area contributed by atoms with Crippen molar-refractivity contribution in [1.82, 2.24) is 4.90 Å². The summed E-state index contributed by atoms with van der Waals surface area (Å²) in [7, 11) is 3.60. The molecule has 0 heterocycles. The number of hydrogen-bond acceptors (Lipinski definition) is 2. The number of rotatable bonds is 7. The van der Waals surface area contributed by atoms with Gasteiger partial charge in [-0.2, -0.15) is 0 Å². The SMILES string of the molecule is COC1(C)C=CC=C(N(C)C(=O)CCCCC2CCC3C(C2)CC2CCCCC23)C=C1. The van der Waals surface area contributed by atoms with Gasteiger partial charge in [0, 0.05) is 26.3 Å². The molecule has 0 aromatic heterocycles. The van der Waals surface area contributed by atoms with Crippen LogP contribution in [-0.4, -0.2) is 30.6 Å². The van der Waals surface area contributed by atoms with Crippen molar-refractivity contribution < 1.29 is 9.53 Å². The summed E-state index contributed by atoms with van der Waals surface area (Å²) in [4.78, 5) is 14.5. The van der Waals surface area contributed by atoms with Crippen LogP contribution >= 0.6 is 0 Å². The molecule has 3 heteroatoms. The normalized spacial score (nSPS) is 37.0. The average molecular weight is 426 g/mol. The molecular weight excluding hydrogens is 382 g/mol. The fourth-order valence-electron chi connectivity index (χ4n) is 7.04. The quantitative estimate of drug-likeness (QED) is 0.427. The molecule has 6 unspecified atom stereocenters. The predicted octanol–water partition coefficient (Wildman–Crippen LogP) is 6.66. The zero-order valence-electron chi connectivity index (χ0n) is 20.0. The molecule has 0 N–H and O–H groups in total. The molecule has 3 saturated carbocycles. The highest BCUT2D eigenvalue weighted by molar-refractivity contribution is 5.78. The molecule has 0 radical (unpaired) electrons. The Balaban J connectivity index is 1.17. The summed E-state index contributed by atoms with van der Waals surface area (Å²) in [6.07, 6.45) is 26.2. The molecule has 4 rings (SSSR count). The van der Waals surface area contributed by atoms with Gasteiger partial charge in [0.15, 0.2) is 0 Å². The zero-order chi connectivity index (χ0) is 21.8. The fraction of sp³-hybridized carbons (Fsp3) is 0.750. The van der Waals surface area contributed by atoms with Crippen LogP contribution < -0.4 is 0 Å². The van der Waals surface area contributed by atoms with Crippen LogP contribution in [0, 0.1) is 29.6 Å². The molecule has 1 amide bonds. The van der Waals surface area contributed by atoms with Crippen molar-refractivity contribution in [3.05, 3.63) is 36.1 Å². The minimum absolute atomic E-state index is 0.217. The largest absolute Gasteiger partial charge is 0.370 e. The van der Waals surface area contributed by atoms with E-state index < -0.39 is 5.60 Å². The summed E-state index contributed by atoms with van der Waals surface area (Å²) in [5, 5.41) is 0. The van der Waals surface area contributed by atoms with E-state index in [1.54, 1.807) is 12.0 Å². The molecule has 0 bridgehead atoms. The molecule has 0 saturated heterocycles. The number of carbonyl (C=O) groups excluding carboxylic acids is 1. The van der Waals surface area contributed by atoms with Gasteiger partial charge in [0.25, 0.3) is 0 Å². The van der Waals surface area contributed by atoms with Crippen LogP contribution in [0.4, 0.5) is 0 Å². The van der Waals surface area contributed by atoms with E-state index in [9.17, 15) is 4.79 Å². The third-order valence-corrected chi connectivity index (χ3v) is 9.01. The van der Waals surface area contributed by atoms with Crippen LogP contribution in [0.2, 0.25) is 0 Å². The number of fused-ring (bicyclic) bond motifs is 3.